The van der Waals surface area contributed by atoms with E-state index in [4.69, 9.17) is 11.6 Å². The first-order chi connectivity index (χ1) is 6.79. The van der Waals surface area contributed by atoms with Crippen molar-refractivity contribution in [3.63, 3.8) is 0 Å². The zero-order valence-electron chi connectivity index (χ0n) is 7.48. The summed E-state index contributed by atoms with van der Waals surface area (Å²) in [6.07, 6.45) is 3.05. The van der Waals surface area contributed by atoms with Gasteiger partial charge in [-0.15, -0.1) is 0 Å². The molecule has 0 fully saturated rings. The van der Waals surface area contributed by atoms with E-state index < -0.39 is 0 Å². The Bertz CT molecular complexity index is 281. The van der Waals surface area contributed by atoms with Crippen LogP contribution in [0.15, 0.2) is 29.4 Å². The summed E-state index contributed by atoms with van der Waals surface area (Å²) in [5.74, 6) is 0.916. The number of hydrogen-bond donors (Lipinski definition) is 0. The van der Waals surface area contributed by atoms with Crippen molar-refractivity contribution in [3.8, 4) is 0 Å². The molecule has 1 heterocycles. The Morgan fingerprint density at radius 1 is 1.50 bits per heavy atom. The van der Waals surface area contributed by atoms with Gasteiger partial charge in [0, 0.05) is 18.4 Å². The van der Waals surface area contributed by atoms with E-state index in [0.717, 1.165) is 17.2 Å². The van der Waals surface area contributed by atoms with Crippen molar-refractivity contribution in [3.05, 3.63) is 24.4 Å². The topological polar surface area (TPSA) is 30.0 Å². The van der Waals surface area contributed by atoms with Crippen LogP contribution < -0.4 is 0 Å². The average molecular weight is 248 g/mol. The van der Waals surface area contributed by atoms with Crippen LogP contribution in [0, 0.1) is 0 Å². The fourth-order valence-electron chi connectivity index (χ4n) is 0.769. The highest BCUT2D eigenvalue weighted by molar-refractivity contribution is 8.76. The van der Waals surface area contributed by atoms with E-state index in [1.54, 1.807) is 27.8 Å². The smallest absolute Gasteiger partial charge is 0.221 e. The molecule has 76 valence electrons. The molecule has 0 bridgehead atoms. The molecule has 0 spiro atoms. The number of carbonyl (C=O) groups excluding carboxylic acids is 1. The zero-order valence-corrected chi connectivity index (χ0v) is 9.87. The highest BCUT2D eigenvalue weighted by Crippen LogP contribution is 2.29. The molecule has 0 aliphatic rings. The summed E-state index contributed by atoms with van der Waals surface area (Å²) in [5, 5.41) is 0.739. The van der Waals surface area contributed by atoms with E-state index >= 15 is 0 Å². The number of rotatable bonds is 6. The van der Waals surface area contributed by atoms with Gasteiger partial charge in [0.2, 0.25) is 5.24 Å². The molecule has 0 radical (unpaired) electrons. The summed E-state index contributed by atoms with van der Waals surface area (Å²) in [6, 6.07) is 5.81. The molecular weight excluding hydrogens is 238 g/mol. The minimum Gasteiger partial charge on any atom is -0.281 e. The third-order valence-electron chi connectivity index (χ3n) is 1.38. The van der Waals surface area contributed by atoms with Gasteiger partial charge in [0.1, 0.15) is 5.03 Å². The number of aromatic nitrogens is 1. The third-order valence-corrected chi connectivity index (χ3v) is 3.92. The molecule has 14 heavy (non-hydrogen) atoms. The van der Waals surface area contributed by atoms with Crippen LogP contribution in [-0.4, -0.2) is 16.0 Å². The van der Waals surface area contributed by atoms with Crippen molar-refractivity contribution in [2.24, 2.45) is 0 Å². The number of pyridine rings is 1. The van der Waals surface area contributed by atoms with Crippen molar-refractivity contribution in [1.82, 2.24) is 4.98 Å². The van der Waals surface area contributed by atoms with Crippen molar-refractivity contribution in [1.29, 1.82) is 0 Å². The molecule has 1 rings (SSSR count). The predicted octanol–water partition coefficient (Wildman–Crippen LogP) is 3.37. The average Bonchev–Trinajstić information content (AvgIpc) is 2.18. The summed E-state index contributed by atoms with van der Waals surface area (Å²) in [6.45, 7) is 0. The molecule has 0 unspecified atom stereocenters. The van der Waals surface area contributed by atoms with E-state index in [2.05, 4.69) is 4.98 Å². The second-order valence-electron chi connectivity index (χ2n) is 2.53. The van der Waals surface area contributed by atoms with Crippen LogP contribution in [0.4, 0.5) is 0 Å². The first kappa shape index (κ1) is 11.9. The summed E-state index contributed by atoms with van der Waals surface area (Å²) >= 11 is 5.21. The highest BCUT2D eigenvalue weighted by atomic mass is 35.5. The van der Waals surface area contributed by atoms with Gasteiger partial charge in [0.25, 0.3) is 0 Å². The molecule has 0 aliphatic heterocycles. The zero-order chi connectivity index (χ0) is 10.2. The van der Waals surface area contributed by atoms with Gasteiger partial charge < -0.3 is 0 Å². The van der Waals surface area contributed by atoms with Gasteiger partial charge in [0.05, 0.1) is 0 Å². The van der Waals surface area contributed by atoms with Crippen molar-refractivity contribution in [2.75, 3.05) is 5.75 Å². The molecule has 2 nitrogen and oxygen atoms in total. The summed E-state index contributed by atoms with van der Waals surface area (Å²) in [4.78, 5) is 14.6. The highest BCUT2D eigenvalue weighted by Gasteiger charge is 1.97. The van der Waals surface area contributed by atoms with Gasteiger partial charge in [-0.25, -0.2) is 4.98 Å². The Kier molecular flexibility index (Phi) is 6.07. The van der Waals surface area contributed by atoms with Crippen molar-refractivity contribution >= 4 is 38.4 Å². The fourth-order valence-corrected chi connectivity index (χ4v) is 2.87. The van der Waals surface area contributed by atoms with E-state index in [9.17, 15) is 4.79 Å². The fraction of sp³-hybridized carbons (Fsp3) is 0.333. The van der Waals surface area contributed by atoms with Crippen LogP contribution in [0.5, 0.6) is 0 Å². The van der Waals surface area contributed by atoms with Crippen LogP contribution in [0.2, 0.25) is 0 Å². The molecular formula is C9H10ClNOS2. The van der Waals surface area contributed by atoms with Gasteiger partial charge in [-0.05, 0) is 40.9 Å². The van der Waals surface area contributed by atoms with E-state index in [0.29, 0.717) is 6.42 Å². The minimum absolute atomic E-state index is 0.256. The lowest BCUT2D eigenvalue weighted by Crippen LogP contribution is -1.86. The van der Waals surface area contributed by atoms with E-state index in [1.807, 2.05) is 18.2 Å². The molecule has 0 aliphatic carbocycles. The van der Waals surface area contributed by atoms with E-state index in [1.165, 1.54) is 0 Å². The molecule has 0 aromatic carbocycles. The van der Waals surface area contributed by atoms with Crippen LogP contribution >= 0.6 is 33.2 Å². The van der Waals surface area contributed by atoms with Crippen LogP contribution in [0.25, 0.3) is 0 Å². The minimum atomic E-state index is -0.256. The number of nitrogens with zero attached hydrogens (tertiary/aromatic N) is 1. The largest absolute Gasteiger partial charge is 0.281 e. The maximum Gasteiger partial charge on any atom is 0.221 e. The number of halogens is 1. The van der Waals surface area contributed by atoms with Crippen molar-refractivity contribution < 1.29 is 4.79 Å². The molecule has 0 N–H and O–H groups in total. The van der Waals surface area contributed by atoms with Gasteiger partial charge in [-0.2, -0.15) is 0 Å². The third kappa shape index (κ3) is 5.52. The molecule has 5 heteroatoms. The monoisotopic (exact) mass is 247 g/mol. The van der Waals surface area contributed by atoms with Crippen LogP contribution in [-0.2, 0) is 4.79 Å². The Labute approximate surface area is 96.2 Å². The number of carbonyl (C=O) groups is 1. The molecule has 0 saturated heterocycles. The lowest BCUT2D eigenvalue weighted by molar-refractivity contribution is -0.111. The van der Waals surface area contributed by atoms with Gasteiger partial charge in [-0.3, -0.25) is 4.79 Å². The summed E-state index contributed by atoms with van der Waals surface area (Å²) in [7, 11) is 3.31. The molecule has 1 aromatic rings. The Hall–Kier alpha value is -0.190. The van der Waals surface area contributed by atoms with Gasteiger partial charge in [-0.1, -0.05) is 16.9 Å². The maximum absolute atomic E-state index is 10.4. The van der Waals surface area contributed by atoms with Crippen LogP contribution in [0.1, 0.15) is 12.8 Å². The Morgan fingerprint density at radius 2 is 2.36 bits per heavy atom. The van der Waals surface area contributed by atoms with E-state index in [-0.39, 0.29) is 5.24 Å². The first-order valence-corrected chi connectivity index (χ1v) is 6.87. The summed E-state index contributed by atoms with van der Waals surface area (Å²) < 4.78 is 0. The molecule has 0 amide bonds. The standard InChI is InChI=1S/C9H10ClNOS2/c10-8(12)4-3-7-13-14-9-5-1-2-6-11-9/h1-2,5-6H,3-4,7H2. The summed E-state index contributed by atoms with van der Waals surface area (Å²) in [5.41, 5.74) is 0. The lowest BCUT2D eigenvalue weighted by atomic mass is 10.4. The first-order valence-electron chi connectivity index (χ1n) is 4.18. The second kappa shape index (κ2) is 7.15. The second-order valence-corrected chi connectivity index (χ2v) is 5.39. The predicted molar refractivity (Wildman–Crippen MR) is 62.6 cm³/mol. The molecule has 0 saturated carbocycles. The number of hydrogen-bond acceptors (Lipinski definition) is 4. The van der Waals surface area contributed by atoms with Crippen LogP contribution in [0.3, 0.4) is 0 Å². The Balaban J connectivity index is 2.08. The SMILES string of the molecule is O=C(Cl)CCCSSc1ccccn1. The van der Waals surface area contributed by atoms with Crippen molar-refractivity contribution in [2.45, 2.75) is 17.9 Å². The molecule has 1 aromatic heterocycles. The lowest BCUT2D eigenvalue weighted by Gasteiger charge is -1.98. The quantitative estimate of drug-likeness (QED) is 0.438. The Morgan fingerprint density at radius 3 is 3.00 bits per heavy atom. The maximum atomic E-state index is 10.4. The normalized spacial score (nSPS) is 10.1. The van der Waals surface area contributed by atoms with Gasteiger partial charge in [0.15, 0.2) is 0 Å². The van der Waals surface area contributed by atoms with Gasteiger partial charge >= 0.3 is 0 Å². The molecule has 0 atom stereocenters.